The number of hydrogen-bond donors (Lipinski definition) is 0. The lowest BCUT2D eigenvalue weighted by Gasteiger charge is -2.32. The zero-order chi connectivity index (χ0) is 20.8. The Morgan fingerprint density at radius 3 is 2.48 bits per heavy atom. The van der Waals surface area contributed by atoms with Gasteiger partial charge in [-0.05, 0) is 42.2 Å². The maximum absolute atomic E-state index is 13.1. The number of carbonyl (C=O) groups is 2. The summed E-state index contributed by atoms with van der Waals surface area (Å²) in [6.45, 7) is -0.143. The molecule has 1 amide bonds. The van der Waals surface area contributed by atoms with Gasteiger partial charge in [-0.15, -0.1) is 11.8 Å². The van der Waals surface area contributed by atoms with Crippen molar-refractivity contribution < 1.29 is 27.5 Å². The standard InChI is InChI=1S/C21H16F3NO3S/c1-29-15-7-5-12(6-8-15)16-10-18(26)25(17-11-28-20(27)19(16)17)14-4-2-3-13(9-14)21(22,23)24/h2-9,16H,10-11H2,1H3/t16-/m0/s1. The van der Waals surface area contributed by atoms with Gasteiger partial charge in [-0.3, -0.25) is 9.69 Å². The van der Waals surface area contributed by atoms with Gasteiger partial charge in [0.05, 0.1) is 16.8 Å². The summed E-state index contributed by atoms with van der Waals surface area (Å²) in [7, 11) is 0. The molecule has 0 bridgehead atoms. The van der Waals surface area contributed by atoms with E-state index < -0.39 is 23.6 Å². The number of alkyl halides is 3. The van der Waals surface area contributed by atoms with Crippen LogP contribution in [0.4, 0.5) is 18.9 Å². The van der Waals surface area contributed by atoms with Crippen molar-refractivity contribution >= 4 is 29.3 Å². The van der Waals surface area contributed by atoms with Crippen LogP contribution in [0.3, 0.4) is 0 Å². The van der Waals surface area contributed by atoms with Gasteiger partial charge in [0.25, 0.3) is 0 Å². The quantitative estimate of drug-likeness (QED) is 0.532. The molecule has 0 aromatic heterocycles. The third-order valence-corrected chi connectivity index (χ3v) is 5.81. The minimum atomic E-state index is -4.53. The lowest BCUT2D eigenvalue weighted by Crippen LogP contribution is -2.37. The number of ether oxygens (including phenoxy) is 1. The van der Waals surface area contributed by atoms with Crippen molar-refractivity contribution in [1.82, 2.24) is 0 Å². The minimum Gasteiger partial charge on any atom is -0.456 e. The summed E-state index contributed by atoms with van der Waals surface area (Å²) in [4.78, 5) is 27.6. The van der Waals surface area contributed by atoms with E-state index in [-0.39, 0.29) is 24.6 Å². The average Bonchev–Trinajstić information content (AvgIpc) is 3.08. The maximum Gasteiger partial charge on any atom is 0.416 e. The van der Waals surface area contributed by atoms with E-state index in [1.165, 1.54) is 17.0 Å². The van der Waals surface area contributed by atoms with Gasteiger partial charge in [-0.25, -0.2) is 4.79 Å². The second kappa shape index (κ2) is 7.26. The van der Waals surface area contributed by atoms with E-state index in [9.17, 15) is 22.8 Å². The number of carbonyl (C=O) groups excluding carboxylic acids is 2. The molecule has 4 nitrogen and oxygen atoms in total. The Kier molecular flexibility index (Phi) is 4.90. The van der Waals surface area contributed by atoms with Crippen LogP contribution in [0.15, 0.2) is 64.7 Å². The van der Waals surface area contributed by atoms with Crippen LogP contribution in [0.25, 0.3) is 0 Å². The summed E-state index contributed by atoms with van der Waals surface area (Å²) in [5, 5.41) is 0. The first-order chi connectivity index (χ1) is 13.8. The fourth-order valence-electron chi connectivity index (χ4n) is 3.70. The summed E-state index contributed by atoms with van der Waals surface area (Å²) in [6.07, 6.45) is -2.61. The molecular weight excluding hydrogens is 403 g/mol. The Balaban J connectivity index is 1.78. The molecule has 0 saturated carbocycles. The highest BCUT2D eigenvalue weighted by molar-refractivity contribution is 7.98. The SMILES string of the molecule is CSc1ccc([C@@H]2CC(=O)N(c3cccc(C(F)(F)F)c3)C3=C2C(=O)OC3)cc1. The molecule has 29 heavy (non-hydrogen) atoms. The smallest absolute Gasteiger partial charge is 0.416 e. The molecule has 0 fully saturated rings. The largest absolute Gasteiger partial charge is 0.456 e. The first-order valence-corrected chi connectivity index (χ1v) is 10.1. The molecule has 8 heteroatoms. The number of hydrogen-bond acceptors (Lipinski definition) is 4. The van der Waals surface area contributed by atoms with Gasteiger partial charge in [-0.2, -0.15) is 13.2 Å². The number of esters is 1. The van der Waals surface area contributed by atoms with Crippen LogP contribution in [0, 0.1) is 0 Å². The zero-order valence-corrected chi connectivity index (χ0v) is 16.1. The van der Waals surface area contributed by atoms with Crippen molar-refractivity contribution in [3.8, 4) is 0 Å². The van der Waals surface area contributed by atoms with Crippen LogP contribution < -0.4 is 4.90 Å². The molecule has 2 aromatic rings. The van der Waals surface area contributed by atoms with Crippen molar-refractivity contribution in [2.75, 3.05) is 17.8 Å². The first-order valence-electron chi connectivity index (χ1n) is 8.84. The number of anilines is 1. The Morgan fingerprint density at radius 1 is 1.10 bits per heavy atom. The van der Waals surface area contributed by atoms with Crippen LogP contribution in [0.1, 0.15) is 23.5 Å². The maximum atomic E-state index is 13.1. The highest BCUT2D eigenvalue weighted by atomic mass is 32.2. The zero-order valence-electron chi connectivity index (χ0n) is 15.3. The minimum absolute atomic E-state index is 0.0250. The van der Waals surface area contributed by atoms with E-state index in [0.29, 0.717) is 11.3 Å². The van der Waals surface area contributed by atoms with Gasteiger partial charge >= 0.3 is 12.1 Å². The van der Waals surface area contributed by atoms with E-state index in [4.69, 9.17) is 4.74 Å². The molecule has 0 saturated heterocycles. The lowest BCUT2D eigenvalue weighted by molar-refractivity contribution is -0.138. The summed E-state index contributed by atoms with van der Waals surface area (Å²) in [6, 6.07) is 12.1. The van der Waals surface area contributed by atoms with Gasteiger partial charge in [-0.1, -0.05) is 18.2 Å². The number of rotatable bonds is 3. The molecule has 0 radical (unpaired) electrons. The predicted octanol–water partition coefficient (Wildman–Crippen LogP) is 4.76. The molecule has 1 atom stereocenters. The highest BCUT2D eigenvalue weighted by Crippen LogP contribution is 2.43. The van der Waals surface area contributed by atoms with E-state index in [1.54, 1.807) is 11.8 Å². The van der Waals surface area contributed by atoms with E-state index in [0.717, 1.165) is 22.6 Å². The molecule has 0 aliphatic carbocycles. The van der Waals surface area contributed by atoms with Gasteiger partial charge in [0.2, 0.25) is 5.91 Å². The van der Waals surface area contributed by atoms with Gasteiger partial charge in [0.1, 0.15) is 6.61 Å². The topological polar surface area (TPSA) is 46.6 Å². The number of amides is 1. The Hall–Kier alpha value is -2.74. The highest BCUT2D eigenvalue weighted by Gasteiger charge is 2.43. The molecule has 2 aromatic carbocycles. The predicted molar refractivity (Wildman–Crippen MR) is 102 cm³/mol. The number of cyclic esters (lactones) is 1. The van der Waals surface area contributed by atoms with Crippen molar-refractivity contribution in [3.05, 3.63) is 70.9 Å². The second-order valence-electron chi connectivity index (χ2n) is 6.74. The average molecular weight is 419 g/mol. The summed E-state index contributed by atoms with van der Waals surface area (Å²) in [5.74, 6) is -1.39. The van der Waals surface area contributed by atoms with Crippen LogP contribution in [0.2, 0.25) is 0 Å². The Bertz CT molecular complexity index is 1010. The van der Waals surface area contributed by atoms with Gasteiger partial charge in [0, 0.05) is 22.9 Å². The molecule has 0 unspecified atom stereocenters. The van der Waals surface area contributed by atoms with Crippen molar-refractivity contribution in [2.45, 2.75) is 23.4 Å². The number of nitrogens with zero attached hydrogens (tertiary/aromatic N) is 1. The summed E-state index contributed by atoms with van der Waals surface area (Å²) >= 11 is 1.57. The second-order valence-corrected chi connectivity index (χ2v) is 7.62. The number of benzene rings is 2. The molecule has 0 spiro atoms. The molecule has 0 N–H and O–H groups in total. The normalized spacial score (nSPS) is 19.4. The molecule has 2 aliphatic rings. The van der Waals surface area contributed by atoms with Crippen LogP contribution in [-0.4, -0.2) is 24.7 Å². The Morgan fingerprint density at radius 2 is 1.83 bits per heavy atom. The van der Waals surface area contributed by atoms with Gasteiger partial charge in [0.15, 0.2) is 0 Å². The lowest BCUT2D eigenvalue weighted by atomic mass is 9.84. The van der Waals surface area contributed by atoms with E-state index in [2.05, 4.69) is 0 Å². The molecule has 4 rings (SSSR count). The summed E-state index contributed by atoms with van der Waals surface area (Å²) in [5.41, 5.74) is 0.659. The third kappa shape index (κ3) is 3.53. The van der Waals surface area contributed by atoms with Crippen LogP contribution in [-0.2, 0) is 20.5 Å². The summed E-state index contributed by atoms with van der Waals surface area (Å²) < 4.78 is 44.5. The van der Waals surface area contributed by atoms with Gasteiger partial charge < -0.3 is 4.74 Å². The van der Waals surface area contributed by atoms with Crippen molar-refractivity contribution in [1.29, 1.82) is 0 Å². The first kappa shape index (κ1) is 19.6. The monoisotopic (exact) mass is 419 g/mol. The van der Waals surface area contributed by atoms with Crippen LogP contribution in [0.5, 0.6) is 0 Å². The number of halogens is 3. The van der Waals surface area contributed by atoms with E-state index >= 15 is 0 Å². The molecular formula is C21H16F3NO3S. The van der Waals surface area contributed by atoms with Crippen molar-refractivity contribution in [3.63, 3.8) is 0 Å². The molecule has 2 heterocycles. The fraction of sp³-hybridized carbons (Fsp3) is 0.238. The Labute approximate surface area is 169 Å². The van der Waals surface area contributed by atoms with Crippen molar-refractivity contribution in [2.24, 2.45) is 0 Å². The molecule has 2 aliphatic heterocycles. The fourth-order valence-corrected chi connectivity index (χ4v) is 4.10. The van der Waals surface area contributed by atoms with Crippen LogP contribution >= 0.6 is 11.8 Å². The van der Waals surface area contributed by atoms with E-state index in [1.807, 2.05) is 30.5 Å². The third-order valence-electron chi connectivity index (χ3n) is 5.07. The molecule has 150 valence electrons. The number of thioether (sulfide) groups is 1.